The van der Waals surface area contributed by atoms with E-state index in [0.717, 1.165) is 18.5 Å². The van der Waals surface area contributed by atoms with Gasteiger partial charge in [-0.1, -0.05) is 25.1 Å². The molecule has 108 valence electrons. The molecule has 0 fully saturated rings. The van der Waals surface area contributed by atoms with Crippen LogP contribution in [0.1, 0.15) is 30.6 Å². The molecule has 2 aromatic heterocycles. The van der Waals surface area contributed by atoms with E-state index in [9.17, 15) is 0 Å². The van der Waals surface area contributed by atoms with Crippen LogP contribution in [0.4, 0.5) is 0 Å². The summed E-state index contributed by atoms with van der Waals surface area (Å²) >= 11 is 0. The minimum absolute atomic E-state index is 0.130. The minimum atomic E-state index is 0.130. The number of rotatable bonds is 5. The number of hydrogen-bond acceptors (Lipinski definition) is 3. The molecule has 4 nitrogen and oxygen atoms in total. The fourth-order valence-electron chi connectivity index (χ4n) is 2.69. The van der Waals surface area contributed by atoms with Crippen molar-refractivity contribution in [1.29, 1.82) is 0 Å². The molecule has 3 aromatic rings. The highest BCUT2D eigenvalue weighted by atomic mass is 15.1. The van der Waals surface area contributed by atoms with Gasteiger partial charge in [0.05, 0.1) is 29.8 Å². The number of fused-ring (bicyclic) bond motifs is 1. The lowest BCUT2D eigenvalue weighted by atomic mass is 9.99. The Morgan fingerprint density at radius 1 is 1.24 bits per heavy atom. The number of nitrogens with one attached hydrogen (secondary N) is 1. The third-order valence-electron chi connectivity index (χ3n) is 3.74. The highest BCUT2D eigenvalue weighted by Gasteiger charge is 2.18. The van der Waals surface area contributed by atoms with Crippen molar-refractivity contribution in [2.75, 3.05) is 6.54 Å². The average Bonchev–Trinajstić information content (AvgIpc) is 2.94. The molecule has 4 heteroatoms. The van der Waals surface area contributed by atoms with Crippen LogP contribution in [0.25, 0.3) is 10.9 Å². The highest BCUT2D eigenvalue weighted by molar-refractivity contribution is 5.82. The Morgan fingerprint density at radius 2 is 2.14 bits per heavy atom. The summed E-state index contributed by atoms with van der Waals surface area (Å²) in [6.07, 6.45) is 6.71. The molecule has 0 saturated carbocycles. The van der Waals surface area contributed by atoms with E-state index < -0.39 is 0 Å². The van der Waals surface area contributed by atoms with Crippen molar-refractivity contribution in [1.82, 2.24) is 19.9 Å². The second kappa shape index (κ2) is 6.06. The molecule has 21 heavy (non-hydrogen) atoms. The maximum Gasteiger partial charge on any atom is 0.0946 e. The van der Waals surface area contributed by atoms with Crippen molar-refractivity contribution in [2.24, 2.45) is 7.05 Å². The molecule has 0 aliphatic heterocycles. The topological polar surface area (TPSA) is 42.7 Å². The lowest BCUT2D eigenvalue weighted by Crippen LogP contribution is -2.25. The van der Waals surface area contributed by atoms with Crippen LogP contribution >= 0.6 is 0 Å². The van der Waals surface area contributed by atoms with Gasteiger partial charge in [-0.05, 0) is 30.7 Å². The number of pyridine rings is 1. The quantitative estimate of drug-likeness (QED) is 0.781. The van der Waals surface area contributed by atoms with Crippen LogP contribution in [0.15, 0.2) is 49.1 Å². The summed E-state index contributed by atoms with van der Waals surface area (Å²) in [5.41, 5.74) is 3.44. The molecule has 0 amide bonds. The van der Waals surface area contributed by atoms with Crippen molar-refractivity contribution >= 4 is 10.9 Å². The third kappa shape index (κ3) is 2.67. The predicted molar refractivity (Wildman–Crippen MR) is 85.1 cm³/mol. The second-order valence-electron chi connectivity index (χ2n) is 5.23. The van der Waals surface area contributed by atoms with Gasteiger partial charge in [-0.25, -0.2) is 4.98 Å². The summed E-state index contributed by atoms with van der Waals surface area (Å²) < 4.78 is 2.07. The van der Waals surface area contributed by atoms with Gasteiger partial charge in [0, 0.05) is 18.6 Å². The van der Waals surface area contributed by atoms with Crippen LogP contribution < -0.4 is 5.32 Å². The Morgan fingerprint density at radius 3 is 2.90 bits per heavy atom. The van der Waals surface area contributed by atoms with E-state index in [0.29, 0.717) is 0 Å². The van der Waals surface area contributed by atoms with Crippen LogP contribution in [0, 0.1) is 0 Å². The molecule has 1 N–H and O–H groups in total. The number of hydrogen-bond donors (Lipinski definition) is 1. The van der Waals surface area contributed by atoms with Gasteiger partial charge in [-0.3, -0.25) is 4.98 Å². The number of benzene rings is 1. The lowest BCUT2D eigenvalue weighted by molar-refractivity contribution is 0.572. The van der Waals surface area contributed by atoms with E-state index in [1.54, 1.807) is 0 Å². The van der Waals surface area contributed by atoms with Gasteiger partial charge in [-0.2, -0.15) is 0 Å². The first-order valence-corrected chi connectivity index (χ1v) is 7.34. The molecule has 1 unspecified atom stereocenters. The Balaban J connectivity index is 2.12. The van der Waals surface area contributed by atoms with E-state index in [2.05, 4.69) is 51.0 Å². The molecule has 0 aliphatic rings. The molecule has 0 spiro atoms. The summed E-state index contributed by atoms with van der Waals surface area (Å²) in [5, 5.41) is 4.82. The van der Waals surface area contributed by atoms with Crippen molar-refractivity contribution < 1.29 is 0 Å². The Hall–Kier alpha value is -2.20. The molecule has 0 saturated heterocycles. The van der Waals surface area contributed by atoms with Gasteiger partial charge in [0.2, 0.25) is 0 Å². The van der Waals surface area contributed by atoms with E-state index >= 15 is 0 Å². The molecule has 3 rings (SSSR count). The summed E-state index contributed by atoms with van der Waals surface area (Å²) in [5.74, 6) is 0. The average molecular weight is 280 g/mol. The van der Waals surface area contributed by atoms with Gasteiger partial charge < -0.3 is 9.88 Å². The fraction of sp³-hybridized carbons (Fsp3) is 0.294. The molecular weight excluding hydrogens is 260 g/mol. The highest BCUT2D eigenvalue weighted by Crippen LogP contribution is 2.27. The maximum atomic E-state index is 4.46. The Labute approximate surface area is 124 Å². The van der Waals surface area contributed by atoms with Gasteiger partial charge in [0.25, 0.3) is 0 Å². The molecular formula is C17H20N4. The van der Waals surface area contributed by atoms with Crippen LogP contribution in [0.5, 0.6) is 0 Å². The van der Waals surface area contributed by atoms with Gasteiger partial charge in [-0.15, -0.1) is 0 Å². The van der Waals surface area contributed by atoms with Crippen LogP contribution in [-0.4, -0.2) is 21.1 Å². The first-order chi connectivity index (χ1) is 10.3. The van der Waals surface area contributed by atoms with Crippen LogP contribution in [0.3, 0.4) is 0 Å². The minimum Gasteiger partial charge on any atom is -0.336 e. The number of imidazole rings is 1. The van der Waals surface area contributed by atoms with Crippen molar-refractivity contribution in [3.8, 4) is 0 Å². The largest absolute Gasteiger partial charge is 0.336 e. The number of nitrogens with zero attached hydrogens (tertiary/aromatic N) is 3. The summed E-state index contributed by atoms with van der Waals surface area (Å²) in [6, 6.07) is 10.6. The first kappa shape index (κ1) is 13.8. The van der Waals surface area contributed by atoms with E-state index in [4.69, 9.17) is 0 Å². The van der Waals surface area contributed by atoms with Crippen LogP contribution in [-0.2, 0) is 7.05 Å². The normalized spacial score (nSPS) is 12.7. The first-order valence-electron chi connectivity index (χ1n) is 7.34. The molecule has 0 aliphatic carbocycles. The molecule has 2 heterocycles. The lowest BCUT2D eigenvalue weighted by Gasteiger charge is -2.21. The summed E-state index contributed by atoms with van der Waals surface area (Å²) in [4.78, 5) is 8.72. The Bertz CT molecular complexity index is 727. The summed E-state index contributed by atoms with van der Waals surface area (Å²) in [7, 11) is 2.03. The van der Waals surface area contributed by atoms with Gasteiger partial charge >= 0.3 is 0 Å². The fourth-order valence-corrected chi connectivity index (χ4v) is 2.69. The molecule has 1 aromatic carbocycles. The van der Waals surface area contributed by atoms with Crippen molar-refractivity contribution in [3.05, 3.63) is 60.3 Å². The molecule has 1 atom stereocenters. The zero-order valence-electron chi connectivity index (χ0n) is 12.5. The van der Waals surface area contributed by atoms with E-state index in [-0.39, 0.29) is 6.04 Å². The van der Waals surface area contributed by atoms with Gasteiger partial charge in [0.15, 0.2) is 0 Å². The van der Waals surface area contributed by atoms with Crippen LogP contribution in [0.2, 0.25) is 0 Å². The third-order valence-corrected chi connectivity index (χ3v) is 3.74. The smallest absolute Gasteiger partial charge is 0.0946 e. The van der Waals surface area contributed by atoms with Crippen molar-refractivity contribution in [3.63, 3.8) is 0 Å². The zero-order chi connectivity index (χ0) is 14.7. The summed E-state index contributed by atoms with van der Waals surface area (Å²) in [6.45, 7) is 3.14. The zero-order valence-corrected chi connectivity index (χ0v) is 12.5. The molecule has 0 radical (unpaired) electrons. The van der Waals surface area contributed by atoms with E-state index in [1.165, 1.54) is 16.6 Å². The van der Waals surface area contributed by atoms with E-state index in [1.807, 2.05) is 31.8 Å². The Kier molecular flexibility index (Phi) is 3.97. The SMILES string of the molecule is CCCNC(c1cccc2ncccc12)c1cncn1C. The standard InChI is InChI=1S/C17H20N4/c1-3-9-20-17(16-11-18-12-21(16)2)14-6-4-8-15-13(14)7-5-10-19-15/h4-8,10-12,17,20H,3,9H2,1-2H3. The maximum absolute atomic E-state index is 4.46. The second-order valence-corrected chi connectivity index (χ2v) is 5.23. The monoisotopic (exact) mass is 280 g/mol. The van der Waals surface area contributed by atoms with Gasteiger partial charge in [0.1, 0.15) is 0 Å². The molecule has 0 bridgehead atoms. The van der Waals surface area contributed by atoms with Crippen molar-refractivity contribution in [2.45, 2.75) is 19.4 Å². The number of aryl methyl sites for hydroxylation is 1. The number of aromatic nitrogens is 3. The predicted octanol–water partition coefficient (Wildman–Crippen LogP) is 3.06.